The first-order valence-electron chi connectivity index (χ1n) is 8.14. The Balaban J connectivity index is 2.13. The fraction of sp³-hybridized carbons (Fsp3) is 0.867. The zero-order valence-corrected chi connectivity index (χ0v) is 13.9. The number of likely N-dealkylation sites (tertiary alicyclic amines) is 1. The normalized spacial score (nSPS) is 15.5. The molecule has 22 heavy (non-hydrogen) atoms. The van der Waals surface area contributed by atoms with Gasteiger partial charge in [0.2, 0.25) is 5.91 Å². The predicted octanol–water partition coefficient (Wildman–Crippen LogP) is 0.217. The van der Waals surface area contributed by atoms with E-state index >= 15 is 0 Å². The Morgan fingerprint density at radius 3 is 2.86 bits per heavy atom. The van der Waals surface area contributed by atoms with Crippen LogP contribution in [0.3, 0.4) is 0 Å². The second-order valence-corrected chi connectivity index (χ2v) is 5.13. The maximum atomic E-state index is 11.5. The highest BCUT2D eigenvalue weighted by molar-refractivity contribution is 5.79. The van der Waals surface area contributed by atoms with Gasteiger partial charge in [-0.05, 0) is 19.8 Å². The first-order valence-corrected chi connectivity index (χ1v) is 8.14. The minimum atomic E-state index is 0.280. The number of aliphatic imine (C=N–C) groups is 1. The SMILES string of the molecule is CCNC(=NCCCN1CCCC1=O)NCCOCCOC. The van der Waals surface area contributed by atoms with Crippen LogP contribution < -0.4 is 10.6 Å². The number of methoxy groups -OCH3 is 1. The molecule has 0 atom stereocenters. The van der Waals surface area contributed by atoms with Gasteiger partial charge in [0.25, 0.3) is 0 Å². The van der Waals surface area contributed by atoms with E-state index in [0.29, 0.717) is 39.3 Å². The van der Waals surface area contributed by atoms with E-state index in [-0.39, 0.29) is 5.91 Å². The van der Waals surface area contributed by atoms with Gasteiger partial charge in [-0.15, -0.1) is 0 Å². The van der Waals surface area contributed by atoms with Crippen molar-refractivity contribution in [3.8, 4) is 0 Å². The minimum Gasteiger partial charge on any atom is -0.382 e. The minimum absolute atomic E-state index is 0.280. The third-order valence-corrected chi connectivity index (χ3v) is 3.34. The summed E-state index contributed by atoms with van der Waals surface area (Å²) < 4.78 is 10.3. The molecule has 1 saturated heterocycles. The lowest BCUT2D eigenvalue weighted by molar-refractivity contribution is -0.127. The molecule has 0 spiro atoms. The van der Waals surface area contributed by atoms with Crippen LogP contribution in [0.4, 0.5) is 0 Å². The molecule has 7 nitrogen and oxygen atoms in total. The molecule has 0 aromatic heterocycles. The smallest absolute Gasteiger partial charge is 0.222 e. The van der Waals surface area contributed by atoms with Crippen LogP contribution in [-0.2, 0) is 14.3 Å². The van der Waals surface area contributed by atoms with Crippen molar-refractivity contribution in [1.29, 1.82) is 0 Å². The van der Waals surface area contributed by atoms with Gasteiger partial charge in [0.05, 0.1) is 19.8 Å². The molecule has 7 heteroatoms. The van der Waals surface area contributed by atoms with Gasteiger partial charge in [0.15, 0.2) is 5.96 Å². The van der Waals surface area contributed by atoms with Crippen LogP contribution in [0.25, 0.3) is 0 Å². The molecule has 1 aliphatic heterocycles. The largest absolute Gasteiger partial charge is 0.382 e. The topological polar surface area (TPSA) is 75.2 Å². The Morgan fingerprint density at radius 2 is 2.18 bits per heavy atom. The van der Waals surface area contributed by atoms with E-state index in [4.69, 9.17) is 9.47 Å². The lowest BCUT2D eigenvalue weighted by Crippen LogP contribution is -2.39. The summed E-state index contributed by atoms with van der Waals surface area (Å²) in [5.74, 6) is 1.08. The third-order valence-electron chi connectivity index (χ3n) is 3.34. The zero-order chi connectivity index (χ0) is 16.0. The molecule has 1 amide bonds. The third kappa shape index (κ3) is 8.19. The molecule has 0 unspecified atom stereocenters. The molecule has 1 fully saturated rings. The monoisotopic (exact) mass is 314 g/mol. The van der Waals surface area contributed by atoms with E-state index < -0.39 is 0 Å². The van der Waals surface area contributed by atoms with Gasteiger partial charge in [-0.2, -0.15) is 0 Å². The molecule has 2 N–H and O–H groups in total. The van der Waals surface area contributed by atoms with Gasteiger partial charge in [-0.25, -0.2) is 0 Å². The lowest BCUT2D eigenvalue weighted by atomic mass is 10.4. The number of hydrogen-bond acceptors (Lipinski definition) is 4. The number of ether oxygens (including phenoxy) is 2. The van der Waals surface area contributed by atoms with Crippen LogP contribution in [-0.4, -0.2) is 76.4 Å². The number of amides is 1. The van der Waals surface area contributed by atoms with Crippen LogP contribution in [0.5, 0.6) is 0 Å². The standard InChI is InChI=1S/C15H30N4O3/c1-3-16-15(18-8-11-22-13-12-21-2)17-7-5-10-19-9-4-6-14(19)20/h3-13H2,1-2H3,(H2,16,17,18). The molecule has 1 rings (SSSR count). The average Bonchev–Trinajstić information content (AvgIpc) is 2.92. The van der Waals surface area contributed by atoms with Crippen molar-refractivity contribution in [2.24, 2.45) is 4.99 Å². The Kier molecular flexibility index (Phi) is 10.4. The van der Waals surface area contributed by atoms with Crippen LogP contribution >= 0.6 is 0 Å². The Hall–Kier alpha value is -1.34. The number of hydrogen-bond donors (Lipinski definition) is 2. The highest BCUT2D eigenvalue weighted by Crippen LogP contribution is 2.09. The number of nitrogens with one attached hydrogen (secondary N) is 2. The van der Waals surface area contributed by atoms with Gasteiger partial charge < -0.3 is 25.0 Å². The molecule has 0 saturated carbocycles. The maximum Gasteiger partial charge on any atom is 0.222 e. The molecule has 0 aromatic carbocycles. The summed E-state index contributed by atoms with van der Waals surface area (Å²) in [7, 11) is 1.66. The quantitative estimate of drug-likeness (QED) is 0.324. The second kappa shape index (κ2) is 12.2. The van der Waals surface area contributed by atoms with E-state index in [9.17, 15) is 4.79 Å². The molecule has 0 aromatic rings. The molecule has 128 valence electrons. The number of carbonyl (C=O) groups is 1. The van der Waals surface area contributed by atoms with E-state index in [0.717, 1.165) is 38.4 Å². The maximum absolute atomic E-state index is 11.5. The summed E-state index contributed by atoms with van der Waals surface area (Å²) in [6, 6.07) is 0. The van der Waals surface area contributed by atoms with Crippen molar-refractivity contribution in [2.75, 3.05) is 59.7 Å². The lowest BCUT2D eigenvalue weighted by Gasteiger charge is -2.15. The van der Waals surface area contributed by atoms with Crippen LogP contribution in [0.2, 0.25) is 0 Å². The Morgan fingerprint density at radius 1 is 1.32 bits per heavy atom. The Labute approximate surface area is 133 Å². The molecule has 0 radical (unpaired) electrons. The van der Waals surface area contributed by atoms with Crippen molar-refractivity contribution in [3.05, 3.63) is 0 Å². The van der Waals surface area contributed by atoms with E-state index in [1.165, 1.54) is 0 Å². The molecule has 0 bridgehead atoms. The zero-order valence-electron chi connectivity index (χ0n) is 13.9. The van der Waals surface area contributed by atoms with E-state index in [1.807, 2.05) is 11.8 Å². The van der Waals surface area contributed by atoms with Gasteiger partial charge in [-0.1, -0.05) is 0 Å². The molecular formula is C15H30N4O3. The summed E-state index contributed by atoms with van der Waals surface area (Å²) in [6.07, 6.45) is 2.60. The first-order chi connectivity index (χ1) is 10.8. The molecule has 0 aliphatic carbocycles. The summed E-state index contributed by atoms with van der Waals surface area (Å²) >= 11 is 0. The van der Waals surface area contributed by atoms with Crippen molar-refractivity contribution in [1.82, 2.24) is 15.5 Å². The summed E-state index contributed by atoms with van der Waals surface area (Å²) in [5.41, 5.74) is 0. The van der Waals surface area contributed by atoms with Crippen molar-refractivity contribution in [3.63, 3.8) is 0 Å². The summed E-state index contributed by atoms with van der Waals surface area (Å²) in [5, 5.41) is 6.43. The number of guanidine groups is 1. The van der Waals surface area contributed by atoms with E-state index in [1.54, 1.807) is 7.11 Å². The molecule has 1 heterocycles. The number of nitrogens with zero attached hydrogens (tertiary/aromatic N) is 2. The highest BCUT2D eigenvalue weighted by Gasteiger charge is 2.18. The van der Waals surface area contributed by atoms with Crippen LogP contribution in [0.15, 0.2) is 4.99 Å². The van der Waals surface area contributed by atoms with Gasteiger partial charge in [-0.3, -0.25) is 9.79 Å². The predicted molar refractivity (Wildman–Crippen MR) is 87.1 cm³/mol. The highest BCUT2D eigenvalue weighted by atomic mass is 16.5. The molecule has 1 aliphatic rings. The fourth-order valence-electron chi connectivity index (χ4n) is 2.22. The fourth-order valence-corrected chi connectivity index (χ4v) is 2.22. The second-order valence-electron chi connectivity index (χ2n) is 5.13. The Bertz CT molecular complexity index is 337. The van der Waals surface area contributed by atoms with Gasteiger partial charge >= 0.3 is 0 Å². The van der Waals surface area contributed by atoms with Crippen LogP contribution in [0, 0.1) is 0 Å². The summed E-state index contributed by atoms with van der Waals surface area (Å²) in [4.78, 5) is 17.9. The van der Waals surface area contributed by atoms with E-state index in [2.05, 4.69) is 15.6 Å². The van der Waals surface area contributed by atoms with Gasteiger partial charge in [0.1, 0.15) is 0 Å². The number of rotatable bonds is 11. The first kappa shape index (κ1) is 18.7. The summed E-state index contributed by atoms with van der Waals surface area (Å²) in [6.45, 7) is 7.83. The molecular weight excluding hydrogens is 284 g/mol. The average molecular weight is 314 g/mol. The van der Waals surface area contributed by atoms with Crippen LogP contribution in [0.1, 0.15) is 26.2 Å². The van der Waals surface area contributed by atoms with Crippen molar-refractivity contribution in [2.45, 2.75) is 26.2 Å². The van der Waals surface area contributed by atoms with Crippen molar-refractivity contribution < 1.29 is 14.3 Å². The number of carbonyl (C=O) groups excluding carboxylic acids is 1. The van der Waals surface area contributed by atoms with Gasteiger partial charge in [0, 0.05) is 46.3 Å². The van der Waals surface area contributed by atoms with Crippen molar-refractivity contribution >= 4 is 11.9 Å².